The van der Waals surface area contributed by atoms with Gasteiger partial charge >= 0.3 is 0 Å². The van der Waals surface area contributed by atoms with Gasteiger partial charge in [-0.1, -0.05) is 392 Å². The lowest BCUT2D eigenvalue weighted by Crippen LogP contribution is -2.18. The third-order valence-electron chi connectivity index (χ3n) is 18.4. The van der Waals surface area contributed by atoms with Gasteiger partial charge in [0, 0.05) is 0 Å². The molecule has 0 spiro atoms. The topological polar surface area (TPSA) is 0 Å². The molecule has 3 aliphatic rings. The molecule has 0 aromatic carbocycles. The fraction of sp³-hybridized carbons (Fsp3) is 1.00. The van der Waals surface area contributed by atoms with Crippen LogP contribution in [0.4, 0.5) is 0 Å². The molecule has 0 radical (unpaired) electrons. The summed E-state index contributed by atoms with van der Waals surface area (Å²) in [5, 5.41) is 0. The molecule has 3 rings (SSSR count). The zero-order valence-corrected chi connectivity index (χ0v) is 46.2. The summed E-state index contributed by atoms with van der Waals surface area (Å²) < 4.78 is 0. The van der Waals surface area contributed by atoms with E-state index in [2.05, 4.69) is 0 Å². The van der Waals surface area contributed by atoms with Crippen molar-refractivity contribution in [3.05, 3.63) is 0 Å². The highest BCUT2D eigenvalue weighted by molar-refractivity contribution is 4.76. The summed E-state index contributed by atoms with van der Waals surface area (Å²) in [4.78, 5) is 0. The van der Waals surface area contributed by atoms with E-state index < -0.39 is 0 Å². The van der Waals surface area contributed by atoms with Crippen LogP contribution < -0.4 is 0 Å². The van der Waals surface area contributed by atoms with Crippen molar-refractivity contribution in [2.45, 2.75) is 398 Å². The minimum absolute atomic E-state index is 1.04. The normalized spacial score (nSPS) is 29.1. The van der Waals surface area contributed by atoms with E-state index in [4.69, 9.17) is 0 Å². The Labute approximate surface area is 419 Å². The largest absolute Gasteiger partial charge is 0.0533 e. The lowest BCUT2D eigenvalue weighted by molar-refractivity contribution is 0.211. The van der Waals surface area contributed by atoms with Crippen molar-refractivity contribution < 1.29 is 0 Å². The Morgan fingerprint density at radius 3 is 0.409 bits per heavy atom. The van der Waals surface area contributed by atoms with E-state index in [0.717, 1.165) is 23.7 Å². The second-order valence-electron chi connectivity index (χ2n) is 24.5. The third-order valence-corrected chi connectivity index (χ3v) is 18.4. The van der Waals surface area contributed by atoms with Crippen molar-refractivity contribution >= 4 is 0 Å². The molecule has 0 heterocycles. The first-order chi connectivity index (χ1) is 32.9. The molecule has 0 saturated heterocycles. The second kappa shape index (κ2) is 48.6. The molecule has 0 aromatic rings. The first-order valence-corrected chi connectivity index (χ1v) is 32.9. The van der Waals surface area contributed by atoms with Crippen LogP contribution in [0.15, 0.2) is 0 Å². The first-order valence-electron chi connectivity index (χ1n) is 32.9. The van der Waals surface area contributed by atoms with Gasteiger partial charge in [0.1, 0.15) is 0 Å². The van der Waals surface area contributed by atoms with Crippen molar-refractivity contribution in [2.24, 2.45) is 23.7 Å². The summed E-state index contributed by atoms with van der Waals surface area (Å²) in [5.41, 5.74) is 0. The molecular weight excluding hydrogens is 793 g/mol. The van der Waals surface area contributed by atoms with Crippen LogP contribution in [0, 0.1) is 23.7 Å². The van der Waals surface area contributed by atoms with Gasteiger partial charge in [-0.05, 0) is 30.1 Å². The Balaban J connectivity index is 1.35. The Kier molecular flexibility index (Phi) is 44.4. The molecule has 4 unspecified atom stereocenters. The molecular formula is C66H128. The Morgan fingerprint density at radius 1 is 0.0909 bits per heavy atom. The van der Waals surface area contributed by atoms with Gasteiger partial charge in [0.05, 0.1) is 0 Å². The van der Waals surface area contributed by atoms with Crippen molar-refractivity contribution in [2.75, 3.05) is 0 Å². The van der Waals surface area contributed by atoms with Gasteiger partial charge in [-0.2, -0.15) is 0 Å². The predicted octanol–water partition coefficient (Wildman–Crippen LogP) is 24.7. The van der Waals surface area contributed by atoms with E-state index in [1.54, 1.807) is 64.2 Å². The van der Waals surface area contributed by atoms with Crippen LogP contribution in [-0.2, 0) is 0 Å². The van der Waals surface area contributed by atoms with Crippen LogP contribution in [-0.4, -0.2) is 0 Å². The molecule has 3 fully saturated rings. The van der Waals surface area contributed by atoms with Crippen LogP contribution in [0.25, 0.3) is 0 Å². The number of hydrogen-bond donors (Lipinski definition) is 0. The van der Waals surface area contributed by atoms with Crippen LogP contribution in [0.3, 0.4) is 0 Å². The lowest BCUT2D eigenvalue weighted by Gasteiger charge is -2.31. The monoisotopic (exact) mass is 921 g/mol. The maximum atomic E-state index is 1.58. The van der Waals surface area contributed by atoms with Gasteiger partial charge in [0.25, 0.3) is 0 Å². The molecule has 66 heavy (non-hydrogen) atoms. The SMILES string of the molecule is C1CCCCCCCCCCCCCCCCCCCCC2CCCCCC3CCCCCCCCC(CCCCCCCCCCCCCCCCCCC1)CCCCCCCC3CC2. The fourth-order valence-electron chi connectivity index (χ4n) is 13.7. The van der Waals surface area contributed by atoms with Crippen molar-refractivity contribution in [1.82, 2.24) is 0 Å². The van der Waals surface area contributed by atoms with Crippen molar-refractivity contribution in [3.63, 3.8) is 0 Å². The second-order valence-corrected chi connectivity index (χ2v) is 24.5. The molecule has 3 aliphatic carbocycles. The summed E-state index contributed by atoms with van der Waals surface area (Å²) >= 11 is 0. The standard InChI is InChI=1S/C66H128/c1-2-4-6-8-10-12-14-16-18-20-22-24-26-28-30-32-34-39-48-56-64-57-49-44-52-59-65-58-50-42-36-35-40-46-54-63(55-47-41-37-43-51-60-66(65)62-61-64)53-45-38-33-31-29-27-25-23-21-19-17-15-13-11-9-7-5-3-1/h63-66H,1-62H2. The Morgan fingerprint density at radius 2 is 0.212 bits per heavy atom. The lowest BCUT2D eigenvalue weighted by atomic mass is 9.75. The van der Waals surface area contributed by atoms with Crippen LogP contribution in [0.2, 0.25) is 0 Å². The molecule has 0 heteroatoms. The van der Waals surface area contributed by atoms with E-state index in [-0.39, 0.29) is 0 Å². The predicted molar refractivity (Wildman–Crippen MR) is 300 cm³/mol. The van der Waals surface area contributed by atoms with Gasteiger partial charge in [0.2, 0.25) is 0 Å². The zero-order valence-electron chi connectivity index (χ0n) is 46.2. The maximum absolute atomic E-state index is 1.58. The summed E-state index contributed by atoms with van der Waals surface area (Å²) in [6, 6.07) is 0. The third kappa shape index (κ3) is 38.7. The quantitative estimate of drug-likeness (QED) is 0.227. The minimum Gasteiger partial charge on any atom is -0.0533 e. The van der Waals surface area contributed by atoms with E-state index >= 15 is 0 Å². The van der Waals surface area contributed by atoms with Gasteiger partial charge in [-0.15, -0.1) is 0 Å². The maximum Gasteiger partial charge on any atom is -0.0386 e. The number of fused-ring (bicyclic) bond motifs is 9. The number of hydrogen-bond acceptors (Lipinski definition) is 0. The average Bonchev–Trinajstić information content (AvgIpc) is 3.32. The van der Waals surface area contributed by atoms with Gasteiger partial charge < -0.3 is 0 Å². The highest BCUT2D eigenvalue weighted by atomic mass is 14.3. The molecule has 4 atom stereocenters. The molecule has 0 amide bonds. The molecule has 392 valence electrons. The molecule has 0 aromatic heterocycles. The van der Waals surface area contributed by atoms with Crippen LogP contribution in [0.5, 0.6) is 0 Å². The van der Waals surface area contributed by atoms with Crippen molar-refractivity contribution in [3.8, 4) is 0 Å². The molecule has 0 nitrogen and oxygen atoms in total. The van der Waals surface area contributed by atoms with E-state index in [1.165, 1.54) is 334 Å². The summed E-state index contributed by atoms with van der Waals surface area (Å²) in [7, 11) is 0. The fourth-order valence-corrected chi connectivity index (χ4v) is 13.7. The summed E-state index contributed by atoms with van der Waals surface area (Å²) in [6.07, 6.45) is 94.2. The molecule has 0 aliphatic heterocycles. The zero-order chi connectivity index (χ0) is 46.2. The summed E-state index contributed by atoms with van der Waals surface area (Å²) in [6.45, 7) is 0. The van der Waals surface area contributed by atoms with Crippen molar-refractivity contribution in [1.29, 1.82) is 0 Å². The highest BCUT2D eigenvalue weighted by Gasteiger charge is 2.24. The average molecular weight is 922 g/mol. The van der Waals surface area contributed by atoms with Crippen LogP contribution >= 0.6 is 0 Å². The van der Waals surface area contributed by atoms with E-state index in [9.17, 15) is 0 Å². The Bertz CT molecular complexity index is 919. The van der Waals surface area contributed by atoms with Crippen LogP contribution in [0.1, 0.15) is 398 Å². The molecule has 3 bridgehead atoms. The Hall–Kier alpha value is 0. The first kappa shape index (κ1) is 60.3. The van der Waals surface area contributed by atoms with E-state index in [1.807, 2.05) is 0 Å². The van der Waals surface area contributed by atoms with Gasteiger partial charge in [0.15, 0.2) is 0 Å². The van der Waals surface area contributed by atoms with Gasteiger partial charge in [-0.25, -0.2) is 0 Å². The summed E-state index contributed by atoms with van der Waals surface area (Å²) in [5.74, 6) is 4.18. The minimum atomic E-state index is 1.04. The molecule has 0 N–H and O–H groups in total. The smallest absolute Gasteiger partial charge is 0.0386 e. The van der Waals surface area contributed by atoms with Gasteiger partial charge in [-0.3, -0.25) is 0 Å². The highest BCUT2D eigenvalue weighted by Crippen LogP contribution is 2.37. The number of rotatable bonds is 0. The van der Waals surface area contributed by atoms with E-state index in [0.29, 0.717) is 0 Å². The molecule has 3 saturated carbocycles.